The van der Waals surface area contributed by atoms with Crippen LogP contribution in [0.1, 0.15) is 45.7 Å². The predicted molar refractivity (Wildman–Crippen MR) is 95.6 cm³/mol. The number of ether oxygens (including phenoxy) is 1. The van der Waals surface area contributed by atoms with Gasteiger partial charge in [0, 0.05) is 25.8 Å². The van der Waals surface area contributed by atoms with Gasteiger partial charge in [0.2, 0.25) is 5.95 Å². The lowest BCUT2D eigenvalue weighted by molar-refractivity contribution is 0.0108. The largest absolute Gasteiger partial charge is 0.444 e. The van der Waals surface area contributed by atoms with Crippen LogP contribution in [0.15, 0.2) is 6.07 Å². The molecular weight excluding hydrogens is 328 g/mol. The molecule has 0 radical (unpaired) electrons. The van der Waals surface area contributed by atoms with Crippen LogP contribution in [0.4, 0.5) is 10.7 Å². The van der Waals surface area contributed by atoms with Gasteiger partial charge in [0.15, 0.2) is 0 Å². The fourth-order valence-corrected chi connectivity index (χ4v) is 3.07. The molecule has 0 saturated carbocycles. The average molecular weight is 355 g/mol. The zero-order chi connectivity index (χ0) is 17.9. The van der Waals surface area contributed by atoms with E-state index in [0.717, 1.165) is 31.5 Å². The summed E-state index contributed by atoms with van der Waals surface area (Å²) in [6, 6.07) is 1.81. The van der Waals surface area contributed by atoms with Crippen molar-refractivity contribution in [3.05, 3.63) is 16.9 Å². The first kappa shape index (κ1) is 18.8. The summed E-state index contributed by atoms with van der Waals surface area (Å²) < 4.78 is 5.55. The van der Waals surface area contributed by atoms with Crippen molar-refractivity contribution in [2.75, 3.05) is 25.0 Å². The summed E-state index contributed by atoms with van der Waals surface area (Å²) in [4.78, 5) is 25.0. The third kappa shape index (κ3) is 5.23. The van der Waals surface area contributed by atoms with Crippen LogP contribution in [-0.2, 0) is 4.74 Å². The molecule has 1 saturated heterocycles. The van der Waals surface area contributed by atoms with Gasteiger partial charge >= 0.3 is 6.09 Å². The fraction of sp³-hybridized carbons (Fsp3) is 0.706. The highest BCUT2D eigenvalue weighted by Gasteiger charge is 2.31. The summed E-state index contributed by atoms with van der Waals surface area (Å²) in [7, 11) is 1.92. The zero-order valence-corrected chi connectivity index (χ0v) is 15.9. The minimum absolute atomic E-state index is 0.0847. The summed E-state index contributed by atoms with van der Waals surface area (Å²) in [5.41, 5.74) is 0.336. The number of nitrogens with zero attached hydrogens (tertiary/aromatic N) is 4. The van der Waals surface area contributed by atoms with Gasteiger partial charge in [-0.25, -0.2) is 14.8 Å². The molecule has 134 valence electrons. The molecule has 6 nitrogen and oxygen atoms in total. The molecule has 2 rings (SSSR count). The Hall–Kier alpha value is -1.56. The molecule has 24 heavy (non-hydrogen) atoms. The summed E-state index contributed by atoms with van der Waals surface area (Å²) in [6.07, 6.45) is 2.81. The molecule has 7 heteroatoms. The van der Waals surface area contributed by atoms with E-state index in [1.54, 1.807) is 6.07 Å². The number of carbonyl (C=O) groups excluding carboxylic acids is 1. The minimum Gasteiger partial charge on any atom is -0.444 e. The number of aryl methyl sites for hydroxylation is 1. The monoisotopic (exact) mass is 354 g/mol. The maximum atomic E-state index is 12.5. The van der Waals surface area contributed by atoms with E-state index in [0.29, 0.717) is 17.6 Å². The third-order valence-corrected chi connectivity index (χ3v) is 4.09. The SMILES string of the molecule is Cc1cc(Cl)nc(N(C)C[C@@H]2CCCCN2C(=O)OC(C)(C)C)n1. The van der Waals surface area contributed by atoms with Crippen LogP contribution in [0.25, 0.3) is 0 Å². The van der Waals surface area contributed by atoms with Crippen molar-refractivity contribution in [2.45, 2.75) is 58.6 Å². The van der Waals surface area contributed by atoms with Gasteiger partial charge in [0.1, 0.15) is 10.8 Å². The van der Waals surface area contributed by atoms with Crippen LogP contribution in [0.2, 0.25) is 5.15 Å². The van der Waals surface area contributed by atoms with Gasteiger partial charge in [-0.1, -0.05) is 11.6 Å². The summed E-state index contributed by atoms with van der Waals surface area (Å²) in [5, 5.41) is 0.428. The molecule has 0 aliphatic carbocycles. The Balaban J connectivity index is 2.08. The lowest BCUT2D eigenvalue weighted by atomic mass is 10.0. The van der Waals surface area contributed by atoms with E-state index in [4.69, 9.17) is 16.3 Å². The highest BCUT2D eigenvalue weighted by Crippen LogP contribution is 2.22. The van der Waals surface area contributed by atoms with Gasteiger partial charge in [0.25, 0.3) is 0 Å². The fourth-order valence-electron chi connectivity index (χ4n) is 2.83. The second-order valence-electron chi connectivity index (χ2n) is 7.34. The number of amides is 1. The zero-order valence-electron chi connectivity index (χ0n) is 15.2. The van der Waals surface area contributed by atoms with E-state index in [2.05, 4.69) is 9.97 Å². The first-order valence-corrected chi connectivity index (χ1v) is 8.75. The second kappa shape index (κ2) is 7.55. The molecule has 1 fully saturated rings. The number of hydrogen-bond acceptors (Lipinski definition) is 5. The Labute approximate surface area is 149 Å². The van der Waals surface area contributed by atoms with E-state index in [1.165, 1.54) is 0 Å². The molecule has 1 aliphatic heterocycles. The lowest BCUT2D eigenvalue weighted by Crippen LogP contribution is -2.50. The van der Waals surface area contributed by atoms with Crippen molar-refractivity contribution in [1.29, 1.82) is 0 Å². The molecule has 1 aromatic rings. The standard InChI is InChI=1S/C17H27ClN4O2/c1-12-10-14(18)20-15(19-12)21(5)11-13-8-6-7-9-22(13)16(23)24-17(2,3)4/h10,13H,6-9,11H2,1-5H3/t13-/m0/s1. The molecule has 0 bridgehead atoms. The molecule has 0 N–H and O–H groups in total. The topological polar surface area (TPSA) is 58.6 Å². The third-order valence-electron chi connectivity index (χ3n) is 3.89. The predicted octanol–water partition coefficient (Wildman–Crippen LogP) is 3.66. The maximum Gasteiger partial charge on any atom is 0.410 e. The molecule has 0 spiro atoms. The molecular formula is C17H27ClN4O2. The van der Waals surface area contributed by atoms with Gasteiger partial charge in [-0.2, -0.15) is 0 Å². The van der Waals surface area contributed by atoms with Crippen molar-refractivity contribution in [2.24, 2.45) is 0 Å². The Morgan fingerprint density at radius 1 is 1.42 bits per heavy atom. The van der Waals surface area contributed by atoms with Crippen molar-refractivity contribution in [1.82, 2.24) is 14.9 Å². The van der Waals surface area contributed by atoms with Gasteiger partial charge in [0.05, 0.1) is 6.04 Å². The van der Waals surface area contributed by atoms with Crippen LogP contribution in [0, 0.1) is 6.92 Å². The van der Waals surface area contributed by atoms with Crippen molar-refractivity contribution in [3.63, 3.8) is 0 Å². The van der Waals surface area contributed by atoms with Gasteiger partial charge in [-0.15, -0.1) is 0 Å². The van der Waals surface area contributed by atoms with Crippen LogP contribution in [0.5, 0.6) is 0 Å². The van der Waals surface area contributed by atoms with Crippen LogP contribution < -0.4 is 4.90 Å². The molecule has 0 aromatic carbocycles. The Bertz CT molecular complexity index is 568. The van der Waals surface area contributed by atoms with E-state index < -0.39 is 5.60 Å². The summed E-state index contributed by atoms with van der Waals surface area (Å²) in [5.74, 6) is 0.578. The van der Waals surface area contributed by atoms with Crippen LogP contribution in [0.3, 0.4) is 0 Å². The molecule has 1 aromatic heterocycles. The Morgan fingerprint density at radius 2 is 2.12 bits per heavy atom. The summed E-state index contributed by atoms with van der Waals surface area (Å²) in [6.45, 7) is 8.93. The molecule has 1 amide bonds. The number of aromatic nitrogens is 2. The van der Waals surface area contributed by atoms with Crippen molar-refractivity contribution >= 4 is 23.6 Å². The molecule has 0 unspecified atom stereocenters. The van der Waals surface area contributed by atoms with Gasteiger partial charge < -0.3 is 14.5 Å². The number of likely N-dealkylation sites (tertiary alicyclic amines) is 1. The van der Waals surface area contributed by atoms with Crippen LogP contribution in [-0.4, -0.2) is 52.7 Å². The first-order chi connectivity index (χ1) is 11.2. The number of halogens is 1. The lowest BCUT2D eigenvalue weighted by Gasteiger charge is -2.38. The number of rotatable bonds is 3. The highest BCUT2D eigenvalue weighted by molar-refractivity contribution is 6.29. The van der Waals surface area contributed by atoms with E-state index in [-0.39, 0.29) is 12.1 Å². The Morgan fingerprint density at radius 3 is 2.75 bits per heavy atom. The van der Waals surface area contributed by atoms with Gasteiger partial charge in [-0.05, 0) is 53.0 Å². The van der Waals surface area contributed by atoms with Crippen molar-refractivity contribution < 1.29 is 9.53 Å². The summed E-state index contributed by atoms with van der Waals surface area (Å²) >= 11 is 6.03. The second-order valence-corrected chi connectivity index (χ2v) is 7.72. The maximum absolute atomic E-state index is 12.5. The quantitative estimate of drug-likeness (QED) is 0.775. The highest BCUT2D eigenvalue weighted by atomic mass is 35.5. The molecule has 1 aliphatic rings. The average Bonchev–Trinajstić information content (AvgIpc) is 2.44. The van der Waals surface area contributed by atoms with Crippen LogP contribution >= 0.6 is 11.6 Å². The van der Waals surface area contributed by atoms with Gasteiger partial charge in [-0.3, -0.25) is 0 Å². The van der Waals surface area contributed by atoms with E-state index >= 15 is 0 Å². The first-order valence-electron chi connectivity index (χ1n) is 8.37. The number of piperidine rings is 1. The number of hydrogen-bond donors (Lipinski definition) is 0. The number of carbonyl (C=O) groups is 1. The van der Waals surface area contributed by atoms with E-state index in [9.17, 15) is 4.79 Å². The number of anilines is 1. The normalized spacial score (nSPS) is 18.4. The van der Waals surface area contributed by atoms with Crippen molar-refractivity contribution in [3.8, 4) is 0 Å². The number of likely N-dealkylation sites (N-methyl/N-ethyl adjacent to an activating group) is 1. The Kier molecular flexibility index (Phi) is 5.91. The molecule has 1 atom stereocenters. The molecule has 2 heterocycles. The van der Waals surface area contributed by atoms with E-state index in [1.807, 2.05) is 44.5 Å². The smallest absolute Gasteiger partial charge is 0.410 e. The minimum atomic E-state index is -0.488.